The van der Waals surface area contributed by atoms with Crippen molar-refractivity contribution in [2.45, 2.75) is 38.3 Å². The largest absolute Gasteiger partial charge is 0.480 e. The smallest absolute Gasteiger partial charge is 0.325 e. The van der Waals surface area contributed by atoms with Crippen LogP contribution in [-0.2, 0) is 19.6 Å². The molecule has 2 atom stereocenters. The molecule has 1 aliphatic heterocycles. The summed E-state index contributed by atoms with van der Waals surface area (Å²) in [4.78, 5) is 22.5. The molecule has 1 amide bonds. The van der Waals surface area contributed by atoms with Gasteiger partial charge in [-0.15, -0.1) is 0 Å². The summed E-state index contributed by atoms with van der Waals surface area (Å²) < 4.78 is 24.2. The Labute approximate surface area is 106 Å². The van der Waals surface area contributed by atoms with Crippen LogP contribution in [0.25, 0.3) is 0 Å². The third kappa shape index (κ3) is 3.67. The zero-order chi connectivity index (χ0) is 13.9. The maximum absolute atomic E-state index is 11.9. The van der Waals surface area contributed by atoms with Gasteiger partial charge in [0.05, 0.1) is 6.26 Å². The second-order valence-electron chi connectivity index (χ2n) is 4.45. The molecule has 1 saturated heterocycles. The first-order valence-corrected chi connectivity index (χ1v) is 7.58. The van der Waals surface area contributed by atoms with E-state index >= 15 is 0 Å². The summed E-state index contributed by atoms with van der Waals surface area (Å²) in [6.07, 6.45) is 2.95. The first-order chi connectivity index (χ1) is 8.23. The van der Waals surface area contributed by atoms with E-state index in [4.69, 9.17) is 5.11 Å². The fourth-order valence-electron chi connectivity index (χ4n) is 1.94. The molecule has 0 spiro atoms. The van der Waals surface area contributed by atoms with Gasteiger partial charge in [0.2, 0.25) is 15.9 Å². The number of aliphatic carboxylic acids is 1. The molecule has 2 N–H and O–H groups in total. The van der Waals surface area contributed by atoms with Crippen LogP contribution in [0.15, 0.2) is 0 Å². The van der Waals surface area contributed by atoms with Gasteiger partial charge < -0.3 is 10.4 Å². The molecule has 0 aliphatic carbocycles. The lowest BCUT2D eigenvalue weighted by molar-refractivity contribution is -0.142. The van der Waals surface area contributed by atoms with Crippen molar-refractivity contribution in [1.82, 2.24) is 9.62 Å². The lowest BCUT2D eigenvalue weighted by Gasteiger charge is -2.32. The van der Waals surface area contributed by atoms with Gasteiger partial charge in [0, 0.05) is 6.54 Å². The zero-order valence-electron chi connectivity index (χ0n) is 10.4. The Morgan fingerprint density at radius 3 is 2.50 bits per heavy atom. The Hall–Kier alpha value is -1.15. The molecule has 2 unspecified atom stereocenters. The van der Waals surface area contributed by atoms with Gasteiger partial charge in [0.15, 0.2) is 0 Å². The standard InChI is InChI=1S/C10H18N2O5S/c1-7(10(14)15)11-9(13)8-5-3-4-6-12(8)18(2,16)17/h7-8H,3-6H2,1-2H3,(H,11,13)(H,14,15). The number of carbonyl (C=O) groups is 2. The quantitative estimate of drug-likeness (QED) is 0.714. The van der Waals surface area contributed by atoms with Gasteiger partial charge in [-0.3, -0.25) is 9.59 Å². The van der Waals surface area contributed by atoms with Crippen molar-refractivity contribution in [1.29, 1.82) is 0 Å². The molecule has 8 heteroatoms. The van der Waals surface area contributed by atoms with E-state index in [1.165, 1.54) is 6.92 Å². The number of rotatable bonds is 4. The number of carboxylic acid groups (broad SMARTS) is 1. The van der Waals surface area contributed by atoms with Gasteiger partial charge >= 0.3 is 5.97 Å². The summed E-state index contributed by atoms with van der Waals surface area (Å²) in [6, 6.07) is -1.82. The zero-order valence-corrected chi connectivity index (χ0v) is 11.2. The second-order valence-corrected chi connectivity index (χ2v) is 6.39. The van der Waals surface area contributed by atoms with Gasteiger partial charge in [-0.25, -0.2) is 8.42 Å². The van der Waals surface area contributed by atoms with Crippen molar-refractivity contribution in [2.24, 2.45) is 0 Å². The first-order valence-electron chi connectivity index (χ1n) is 5.73. The molecule has 0 aromatic heterocycles. The Morgan fingerprint density at radius 1 is 1.39 bits per heavy atom. The molecule has 7 nitrogen and oxygen atoms in total. The third-order valence-corrected chi connectivity index (χ3v) is 4.20. The molecule has 104 valence electrons. The van der Waals surface area contributed by atoms with Crippen LogP contribution in [0.1, 0.15) is 26.2 Å². The molecule has 1 rings (SSSR count). The number of hydrogen-bond donors (Lipinski definition) is 2. The van der Waals surface area contributed by atoms with Crippen molar-refractivity contribution in [3.05, 3.63) is 0 Å². The van der Waals surface area contributed by atoms with Crippen LogP contribution < -0.4 is 5.32 Å². The monoisotopic (exact) mass is 278 g/mol. The molecule has 0 bridgehead atoms. The van der Waals surface area contributed by atoms with Gasteiger partial charge in [0.25, 0.3) is 0 Å². The lowest BCUT2D eigenvalue weighted by Crippen LogP contribution is -2.54. The van der Waals surface area contributed by atoms with E-state index < -0.39 is 34.0 Å². The van der Waals surface area contributed by atoms with Crippen molar-refractivity contribution in [3.8, 4) is 0 Å². The highest BCUT2D eigenvalue weighted by Gasteiger charge is 2.35. The maximum Gasteiger partial charge on any atom is 0.325 e. The molecule has 0 saturated carbocycles. The molecule has 0 aromatic rings. The molecule has 0 radical (unpaired) electrons. The summed E-state index contributed by atoms with van der Waals surface area (Å²) in [5.74, 6) is -1.69. The van der Waals surface area contributed by atoms with Crippen molar-refractivity contribution in [2.75, 3.05) is 12.8 Å². The Balaban J connectivity index is 2.78. The molecule has 18 heavy (non-hydrogen) atoms. The van der Waals surface area contributed by atoms with E-state index in [1.54, 1.807) is 0 Å². The average Bonchev–Trinajstić information content (AvgIpc) is 2.27. The number of hydrogen-bond acceptors (Lipinski definition) is 4. The van der Waals surface area contributed by atoms with E-state index in [1.807, 2.05) is 0 Å². The Bertz CT molecular complexity index is 434. The van der Waals surface area contributed by atoms with E-state index in [2.05, 4.69) is 5.32 Å². The average molecular weight is 278 g/mol. The molecule has 0 aromatic carbocycles. The van der Waals surface area contributed by atoms with Crippen LogP contribution >= 0.6 is 0 Å². The number of carboxylic acids is 1. The molecular weight excluding hydrogens is 260 g/mol. The highest BCUT2D eigenvalue weighted by atomic mass is 32.2. The minimum Gasteiger partial charge on any atom is -0.480 e. The highest BCUT2D eigenvalue weighted by molar-refractivity contribution is 7.88. The molecule has 1 heterocycles. The number of carbonyl (C=O) groups excluding carboxylic acids is 1. The van der Waals surface area contributed by atoms with Crippen molar-refractivity contribution >= 4 is 21.9 Å². The van der Waals surface area contributed by atoms with Gasteiger partial charge in [-0.05, 0) is 19.8 Å². The summed E-state index contributed by atoms with van der Waals surface area (Å²) >= 11 is 0. The third-order valence-electron chi connectivity index (χ3n) is 2.91. The van der Waals surface area contributed by atoms with Crippen LogP contribution in [0.3, 0.4) is 0 Å². The topological polar surface area (TPSA) is 104 Å². The summed E-state index contributed by atoms with van der Waals surface area (Å²) in [5, 5.41) is 11.0. The van der Waals surface area contributed by atoms with Crippen molar-refractivity contribution in [3.63, 3.8) is 0 Å². The minimum absolute atomic E-state index is 0.304. The maximum atomic E-state index is 11.9. The van der Waals surface area contributed by atoms with Crippen LogP contribution in [-0.4, -0.2) is 54.6 Å². The van der Waals surface area contributed by atoms with Crippen LogP contribution in [0.4, 0.5) is 0 Å². The number of nitrogens with zero attached hydrogens (tertiary/aromatic N) is 1. The Kier molecular flexibility index (Phi) is 4.69. The number of sulfonamides is 1. The normalized spacial score (nSPS) is 23.3. The molecule has 1 fully saturated rings. The van der Waals surface area contributed by atoms with Gasteiger partial charge in [-0.1, -0.05) is 6.42 Å². The number of amides is 1. The van der Waals surface area contributed by atoms with Crippen LogP contribution in [0, 0.1) is 0 Å². The first kappa shape index (κ1) is 14.9. The van der Waals surface area contributed by atoms with E-state index in [-0.39, 0.29) is 0 Å². The van der Waals surface area contributed by atoms with E-state index in [0.717, 1.165) is 17.0 Å². The molecule has 1 aliphatic rings. The number of piperidine rings is 1. The second kappa shape index (κ2) is 5.66. The SMILES string of the molecule is CC(NC(=O)C1CCCCN1S(C)(=O)=O)C(=O)O. The summed E-state index contributed by atoms with van der Waals surface area (Å²) in [5.41, 5.74) is 0. The van der Waals surface area contributed by atoms with E-state index in [0.29, 0.717) is 19.4 Å². The highest BCUT2D eigenvalue weighted by Crippen LogP contribution is 2.20. The van der Waals surface area contributed by atoms with Gasteiger partial charge in [-0.2, -0.15) is 4.31 Å². The van der Waals surface area contributed by atoms with Crippen LogP contribution in [0.5, 0.6) is 0 Å². The van der Waals surface area contributed by atoms with Gasteiger partial charge in [0.1, 0.15) is 12.1 Å². The predicted molar refractivity (Wildman–Crippen MR) is 64.4 cm³/mol. The predicted octanol–water partition coefficient (Wildman–Crippen LogP) is -0.610. The summed E-state index contributed by atoms with van der Waals surface area (Å²) in [7, 11) is -3.45. The summed E-state index contributed by atoms with van der Waals surface area (Å²) in [6.45, 7) is 1.65. The van der Waals surface area contributed by atoms with Crippen molar-refractivity contribution < 1.29 is 23.1 Å². The van der Waals surface area contributed by atoms with E-state index in [9.17, 15) is 18.0 Å². The fraction of sp³-hybridized carbons (Fsp3) is 0.800. The minimum atomic E-state index is -3.45. The fourth-order valence-corrected chi connectivity index (χ4v) is 3.06. The number of nitrogens with one attached hydrogen (secondary N) is 1. The lowest BCUT2D eigenvalue weighted by atomic mass is 10.0. The molecular formula is C10H18N2O5S. The van der Waals surface area contributed by atoms with Crippen LogP contribution in [0.2, 0.25) is 0 Å². The Morgan fingerprint density at radius 2 is 2.00 bits per heavy atom.